The molecule has 0 saturated carbocycles. The third-order valence-corrected chi connectivity index (χ3v) is 5.72. The van der Waals surface area contributed by atoms with Crippen LogP contribution in [0.3, 0.4) is 0 Å². The Kier molecular flexibility index (Phi) is 9.30. The van der Waals surface area contributed by atoms with Crippen LogP contribution < -0.4 is 0 Å². The molecule has 0 atom stereocenters. The van der Waals surface area contributed by atoms with Gasteiger partial charge in [-0.05, 0) is 30.5 Å². The van der Waals surface area contributed by atoms with E-state index in [-0.39, 0.29) is 31.7 Å². The maximum absolute atomic E-state index is 12.0. The molecule has 0 aliphatic rings. The summed E-state index contributed by atoms with van der Waals surface area (Å²) >= 11 is 0. The monoisotopic (exact) mass is 518 g/mol. The van der Waals surface area contributed by atoms with E-state index >= 15 is 0 Å². The number of aryl methyl sites for hydroxylation is 1. The SMILES string of the molecule is CCCCCc1ccc(-c2cn(-c3nc(C(=O)OC)nn3COCCOC(=O)c3ccccc3)nn2)cc1. The highest BCUT2D eigenvalue weighted by Gasteiger charge is 2.20. The van der Waals surface area contributed by atoms with Crippen LogP contribution in [0.2, 0.25) is 0 Å². The van der Waals surface area contributed by atoms with E-state index in [1.807, 2.05) is 18.2 Å². The van der Waals surface area contributed by atoms with Gasteiger partial charge in [-0.15, -0.1) is 10.2 Å². The third kappa shape index (κ3) is 6.88. The second kappa shape index (κ2) is 13.2. The van der Waals surface area contributed by atoms with Crippen LogP contribution in [0.5, 0.6) is 0 Å². The van der Waals surface area contributed by atoms with Gasteiger partial charge in [0.05, 0.1) is 25.5 Å². The number of carbonyl (C=O) groups is 2. The van der Waals surface area contributed by atoms with Crippen molar-refractivity contribution in [2.24, 2.45) is 0 Å². The van der Waals surface area contributed by atoms with Gasteiger partial charge in [0.25, 0.3) is 11.8 Å². The molecule has 0 amide bonds. The maximum atomic E-state index is 12.0. The van der Waals surface area contributed by atoms with Crippen molar-refractivity contribution in [2.75, 3.05) is 20.3 Å². The number of hydrogen-bond donors (Lipinski definition) is 0. The topological polar surface area (TPSA) is 123 Å². The van der Waals surface area contributed by atoms with Crippen molar-refractivity contribution < 1.29 is 23.8 Å². The fourth-order valence-corrected chi connectivity index (χ4v) is 3.68. The Hall–Kier alpha value is -4.38. The summed E-state index contributed by atoms with van der Waals surface area (Å²) in [4.78, 5) is 28.3. The molecule has 4 rings (SSSR count). The van der Waals surface area contributed by atoms with Crippen LogP contribution in [-0.4, -0.2) is 62.0 Å². The van der Waals surface area contributed by atoms with Gasteiger partial charge in [0.15, 0.2) is 0 Å². The van der Waals surface area contributed by atoms with Gasteiger partial charge in [0.2, 0.25) is 0 Å². The van der Waals surface area contributed by atoms with Gasteiger partial charge in [-0.25, -0.2) is 14.3 Å². The lowest BCUT2D eigenvalue weighted by molar-refractivity contribution is 0.0141. The molecule has 11 heteroatoms. The molecule has 38 heavy (non-hydrogen) atoms. The molecule has 0 bridgehead atoms. The van der Waals surface area contributed by atoms with E-state index in [9.17, 15) is 9.59 Å². The zero-order valence-electron chi connectivity index (χ0n) is 21.4. The number of esters is 2. The second-order valence-corrected chi connectivity index (χ2v) is 8.47. The summed E-state index contributed by atoms with van der Waals surface area (Å²) in [7, 11) is 1.25. The molecule has 0 aliphatic carbocycles. The molecule has 0 saturated heterocycles. The summed E-state index contributed by atoms with van der Waals surface area (Å²) in [5.74, 6) is -1.05. The molecule has 0 spiro atoms. The quantitative estimate of drug-likeness (QED) is 0.192. The lowest BCUT2D eigenvalue weighted by Gasteiger charge is -2.07. The van der Waals surface area contributed by atoms with E-state index in [0.717, 1.165) is 12.0 Å². The van der Waals surface area contributed by atoms with Crippen molar-refractivity contribution in [1.29, 1.82) is 0 Å². The second-order valence-electron chi connectivity index (χ2n) is 8.47. The van der Waals surface area contributed by atoms with Gasteiger partial charge >= 0.3 is 11.9 Å². The Bertz CT molecular complexity index is 1330. The number of benzene rings is 2. The Morgan fingerprint density at radius 1 is 0.947 bits per heavy atom. The summed E-state index contributed by atoms with van der Waals surface area (Å²) in [6.07, 6.45) is 6.33. The van der Waals surface area contributed by atoms with Gasteiger partial charge < -0.3 is 14.2 Å². The number of rotatable bonds is 13. The van der Waals surface area contributed by atoms with Crippen molar-refractivity contribution in [1.82, 2.24) is 29.8 Å². The Labute approximate surface area is 220 Å². The minimum absolute atomic E-state index is 0.0452. The molecule has 0 radical (unpaired) electrons. The summed E-state index contributed by atoms with van der Waals surface area (Å²) in [5.41, 5.74) is 3.30. The first kappa shape index (κ1) is 26.7. The van der Waals surface area contributed by atoms with Crippen molar-refractivity contribution in [3.05, 3.63) is 77.7 Å². The molecular weight excluding hydrogens is 488 g/mol. The summed E-state index contributed by atoms with van der Waals surface area (Å²) < 4.78 is 18.4. The lowest BCUT2D eigenvalue weighted by atomic mass is 10.0. The van der Waals surface area contributed by atoms with E-state index in [4.69, 9.17) is 14.2 Å². The summed E-state index contributed by atoms with van der Waals surface area (Å²) in [6, 6.07) is 16.9. The lowest BCUT2D eigenvalue weighted by Crippen LogP contribution is -2.15. The number of unbranched alkanes of at least 4 members (excludes halogenated alkanes) is 2. The predicted molar refractivity (Wildman–Crippen MR) is 138 cm³/mol. The average Bonchev–Trinajstić information content (AvgIpc) is 3.61. The molecule has 0 N–H and O–H groups in total. The number of ether oxygens (including phenoxy) is 3. The van der Waals surface area contributed by atoms with E-state index in [0.29, 0.717) is 11.3 Å². The number of aromatic nitrogens is 6. The van der Waals surface area contributed by atoms with Gasteiger partial charge in [-0.3, -0.25) is 0 Å². The fourth-order valence-electron chi connectivity index (χ4n) is 3.68. The van der Waals surface area contributed by atoms with Crippen LogP contribution in [0.15, 0.2) is 60.8 Å². The smallest absolute Gasteiger partial charge is 0.378 e. The fraction of sp³-hybridized carbons (Fsp3) is 0.333. The molecule has 198 valence electrons. The Morgan fingerprint density at radius 3 is 2.47 bits per heavy atom. The zero-order valence-corrected chi connectivity index (χ0v) is 21.4. The zero-order chi connectivity index (χ0) is 26.7. The largest absolute Gasteiger partial charge is 0.463 e. The van der Waals surface area contributed by atoms with Crippen LogP contribution in [-0.2, 0) is 27.4 Å². The molecule has 11 nitrogen and oxygen atoms in total. The van der Waals surface area contributed by atoms with Crippen LogP contribution in [0, 0.1) is 0 Å². The average molecular weight is 519 g/mol. The molecule has 0 aliphatic heterocycles. The summed E-state index contributed by atoms with van der Waals surface area (Å²) in [5, 5.41) is 12.6. The van der Waals surface area contributed by atoms with E-state index in [1.165, 1.54) is 41.3 Å². The number of carbonyl (C=O) groups excluding carboxylic acids is 2. The summed E-state index contributed by atoms with van der Waals surface area (Å²) in [6.45, 7) is 2.28. The van der Waals surface area contributed by atoms with Crippen LogP contribution in [0.4, 0.5) is 0 Å². The molecule has 2 aromatic heterocycles. The Balaban J connectivity index is 1.40. The predicted octanol–water partition coefficient (Wildman–Crippen LogP) is 3.88. The molecule has 2 aromatic carbocycles. The van der Waals surface area contributed by atoms with E-state index in [2.05, 4.69) is 39.5 Å². The number of methoxy groups -OCH3 is 1. The minimum Gasteiger partial charge on any atom is -0.463 e. The number of hydrogen-bond acceptors (Lipinski definition) is 9. The normalized spacial score (nSPS) is 10.9. The van der Waals surface area contributed by atoms with Gasteiger partial charge in [-0.1, -0.05) is 67.4 Å². The van der Waals surface area contributed by atoms with Crippen molar-refractivity contribution >= 4 is 11.9 Å². The van der Waals surface area contributed by atoms with Crippen LogP contribution >= 0.6 is 0 Å². The highest BCUT2D eigenvalue weighted by atomic mass is 16.6. The van der Waals surface area contributed by atoms with Crippen molar-refractivity contribution in [2.45, 2.75) is 39.3 Å². The van der Waals surface area contributed by atoms with E-state index in [1.54, 1.807) is 30.5 Å². The standard InChI is InChI=1S/C27H30N6O5/c1-3-4-6-9-20-12-14-21(15-13-20)23-18-32(31-29-23)27-28-24(26(35)36-2)30-33(27)19-37-16-17-38-25(34)22-10-7-5-8-11-22/h5,7-8,10-15,18H,3-4,6,9,16-17,19H2,1-2H3. The highest BCUT2D eigenvalue weighted by molar-refractivity contribution is 5.89. The first-order valence-corrected chi connectivity index (χ1v) is 12.4. The van der Waals surface area contributed by atoms with Gasteiger partial charge in [0, 0.05) is 5.56 Å². The first-order chi connectivity index (χ1) is 18.6. The molecule has 4 aromatic rings. The van der Waals surface area contributed by atoms with Gasteiger partial charge in [-0.2, -0.15) is 9.67 Å². The molecular formula is C27H30N6O5. The van der Waals surface area contributed by atoms with Crippen molar-refractivity contribution in [3.63, 3.8) is 0 Å². The van der Waals surface area contributed by atoms with Crippen LogP contribution in [0.25, 0.3) is 17.2 Å². The van der Waals surface area contributed by atoms with Crippen molar-refractivity contribution in [3.8, 4) is 17.2 Å². The molecule has 0 unspecified atom stereocenters. The van der Waals surface area contributed by atoms with E-state index < -0.39 is 11.9 Å². The first-order valence-electron chi connectivity index (χ1n) is 12.4. The van der Waals surface area contributed by atoms with Gasteiger partial charge in [0.1, 0.15) is 19.0 Å². The molecule has 2 heterocycles. The minimum atomic E-state index is -0.694. The Morgan fingerprint density at radius 2 is 1.74 bits per heavy atom. The highest BCUT2D eigenvalue weighted by Crippen LogP contribution is 2.19. The van der Waals surface area contributed by atoms with Crippen LogP contribution in [0.1, 0.15) is 52.7 Å². The molecule has 0 fully saturated rings. The maximum Gasteiger partial charge on any atom is 0.378 e. The third-order valence-electron chi connectivity index (χ3n) is 5.72. The number of nitrogens with zero attached hydrogens (tertiary/aromatic N) is 6.